The van der Waals surface area contributed by atoms with E-state index in [0.29, 0.717) is 17.2 Å². The molecule has 28 heavy (non-hydrogen) atoms. The molecule has 0 aliphatic rings. The lowest BCUT2D eigenvalue weighted by Crippen LogP contribution is -2.34. The zero-order valence-electron chi connectivity index (χ0n) is 15.6. The average molecular weight is 457 g/mol. The van der Waals surface area contributed by atoms with E-state index in [0.717, 1.165) is 27.2 Å². The van der Waals surface area contributed by atoms with Gasteiger partial charge in [-0.3, -0.25) is 10.1 Å². The lowest BCUT2D eigenvalue weighted by molar-refractivity contribution is 0.0979. The Morgan fingerprint density at radius 2 is 1.86 bits per heavy atom. The number of thiocarbonyl (C=S) groups is 1. The molecule has 4 nitrogen and oxygen atoms in total. The first-order valence-electron chi connectivity index (χ1n) is 9.03. The molecule has 0 saturated carbocycles. The SMILES string of the molecule is CC[C@H](C)c1ccc(O)c(NC(=S)NC(=O)c2cccc3c(Br)cccc23)c1. The van der Waals surface area contributed by atoms with Crippen LogP contribution in [0.1, 0.15) is 42.1 Å². The minimum absolute atomic E-state index is 0.0812. The topological polar surface area (TPSA) is 61.4 Å². The third-order valence-corrected chi connectivity index (χ3v) is 5.69. The minimum atomic E-state index is -0.307. The number of hydrogen-bond donors (Lipinski definition) is 3. The van der Waals surface area contributed by atoms with Crippen LogP contribution in [0, 0.1) is 0 Å². The number of hydrogen-bond acceptors (Lipinski definition) is 3. The fourth-order valence-electron chi connectivity index (χ4n) is 2.99. The van der Waals surface area contributed by atoms with Crippen LogP contribution in [-0.2, 0) is 0 Å². The zero-order valence-corrected chi connectivity index (χ0v) is 18.0. The molecule has 0 spiro atoms. The molecule has 0 aliphatic heterocycles. The fraction of sp³-hybridized carbons (Fsp3) is 0.182. The Bertz CT molecular complexity index is 1050. The third kappa shape index (κ3) is 4.34. The largest absolute Gasteiger partial charge is 0.506 e. The summed E-state index contributed by atoms with van der Waals surface area (Å²) in [4.78, 5) is 12.8. The van der Waals surface area contributed by atoms with Crippen molar-refractivity contribution in [2.24, 2.45) is 0 Å². The van der Waals surface area contributed by atoms with E-state index in [1.807, 2.05) is 42.5 Å². The molecule has 1 amide bonds. The number of nitrogens with one attached hydrogen (secondary N) is 2. The quantitative estimate of drug-likeness (QED) is 0.335. The number of rotatable bonds is 4. The normalized spacial score (nSPS) is 11.8. The molecule has 6 heteroatoms. The lowest BCUT2D eigenvalue weighted by Gasteiger charge is -2.15. The molecule has 0 unspecified atom stereocenters. The molecule has 0 aromatic heterocycles. The van der Waals surface area contributed by atoms with Crippen LogP contribution in [0.5, 0.6) is 5.75 Å². The van der Waals surface area contributed by atoms with Gasteiger partial charge in [0, 0.05) is 10.0 Å². The molecule has 3 rings (SSSR count). The van der Waals surface area contributed by atoms with Crippen LogP contribution in [0.2, 0.25) is 0 Å². The molecule has 3 aromatic carbocycles. The summed E-state index contributed by atoms with van der Waals surface area (Å²) in [6.45, 7) is 4.23. The van der Waals surface area contributed by atoms with Gasteiger partial charge in [0.2, 0.25) is 0 Å². The number of fused-ring (bicyclic) bond motifs is 1. The van der Waals surface area contributed by atoms with Crippen molar-refractivity contribution in [3.8, 4) is 5.75 Å². The summed E-state index contributed by atoms with van der Waals surface area (Å²) in [6, 6.07) is 16.6. The molecule has 0 aliphatic carbocycles. The van der Waals surface area contributed by atoms with Crippen molar-refractivity contribution in [1.82, 2.24) is 5.32 Å². The van der Waals surface area contributed by atoms with Gasteiger partial charge >= 0.3 is 0 Å². The number of anilines is 1. The highest BCUT2D eigenvalue weighted by Gasteiger charge is 2.14. The van der Waals surface area contributed by atoms with Crippen LogP contribution in [-0.4, -0.2) is 16.1 Å². The first-order valence-corrected chi connectivity index (χ1v) is 10.2. The Kier molecular flexibility index (Phi) is 6.31. The number of benzene rings is 3. The fourth-order valence-corrected chi connectivity index (χ4v) is 3.69. The van der Waals surface area contributed by atoms with E-state index in [1.54, 1.807) is 12.1 Å². The highest BCUT2D eigenvalue weighted by Crippen LogP contribution is 2.29. The number of halogens is 1. The van der Waals surface area contributed by atoms with Crippen LogP contribution in [0.4, 0.5) is 5.69 Å². The lowest BCUT2D eigenvalue weighted by atomic mass is 9.98. The minimum Gasteiger partial charge on any atom is -0.506 e. The summed E-state index contributed by atoms with van der Waals surface area (Å²) in [6.07, 6.45) is 0.988. The predicted molar refractivity (Wildman–Crippen MR) is 122 cm³/mol. The predicted octanol–water partition coefficient (Wildman–Crippen LogP) is 5.95. The molecule has 3 aromatic rings. The molecule has 1 atom stereocenters. The van der Waals surface area contributed by atoms with E-state index < -0.39 is 0 Å². The second-order valence-corrected chi connectivity index (χ2v) is 7.90. The molecule has 0 radical (unpaired) electrons. The molecule has 0 fully saturated rings. The number of phenolic OH excluding ortho intramolecular Hbond substituents is 1. The van der Waals surface area contributed by atoms with E-state index >= 15 is 0 Å². The highest BCUT2D eigenvalue weighted by molar-refractivity contribution is 9.10. The van der Waals surface area contributed by atoms with Crippen molar-refractivity contribution in [1.29, 1.82) is 0 Å². The maximum atomic E-state index is 12.8. The van der Waals surface area contributed by atoms with Gasteiger partial charge in [0.25, 0.3) is 5.91 Å². The van der Waals surface area contributed by atoms with Crippen molar-refractivity contribution in [2.45, 2.75) is 26.2 Å². The Morgan fingerprint density at radius 1 is 1.14 bits per heavy atom. The zero-order chi connectivity index (χ0) is 20.3. The Balaban J connectivity index is 1.79. The van der Waals surface area contributed by atoms with Gasteiger partial charge in [-0.15, -0.1) is 0 Å². The summed E-state index contributed by atoms with van der Waals surface area (Å²) in [5, 5.41) is 17.7. The smallest absolute Gasteiger partial charge is 0.258 e. The number of carbonyl (C=O) groups is 1. The van der Waals surface area contributed by atoms with Crippen LogP contribution in [0.15, 0.2) is 59.1 Å². The van der Waals surface area contributed by atoms with E-state index in [9.17, 15) is 9.90 Å². The number of carbonyl (C=O) groups excluding carboxylic acids is 1. The molecule has 144 valence electrons. The van der Waals surface area contributed by atoms with Crippen molar-refractivity contribution in [3.63, 3.8) is 0 Å². The van der Waals surface area contributed by atoms with E-state index in [4.69, 9.17) is 12.2 Å². The maximum absolute atomic E-state index is 12.8. The summed E-state index contributed by atoms with van der Waals surface area (Å²) < 4.78 is 0.923. The molecular weight excluding hydrogens is 436 g/mol. The van der Waals surface area contributed by atoms with Gasteiger partial charge in [-0.05, 0) is 65.2 Å². The van der Waals surface area contributed by atoms with Crippen molar-refractivity contribution in [2.75, 3.05) is 5.32 Å². The van der Waals surface area contributed by atoms with Crippen molar-refractivity contribution in [3.05, 3.63) is 70.2 Å². The van der Waals surface area contributed by atoms with Gasteiger partial charge in [-0.25, -0.2) is 0 Å². The van der Waals surface area contributed by atoms with Crippen LogP contribution >= 0.6 is 28.1 Å². The van der Waals surface area contributed by atoms with Gasteiger partial charge in [0.1, 0.15) is 5.75 Å². The monoisotopic (exact) mass is 456 g/mol. The first-order chi connectivity index (χ1) is 13.4. The van der Waals surface area contributed by atoms with Crippen LogP contribution in [0.25, 0.3) is 10.8 Å². The summed E-state index contributed by atoms with van der Waals surface area (Å²) in [5.41, 5.74) is 2.10. The van der Waals surface area contributed by atoms with Gasteiger partial charge in [-0.1, -0.05) is 60.1 Å². The van der Waals surface area contributed by atoms with Crippen molar-refractivity contribution >= 4 is 55.6 Å². The van der Waals surface area contributed by atoms with Crippen LogP contribution in [0.3, 0.4) is 0 Å². The number of phenols is 1. The van der Waals surface area contributed by atoms with E-state index in [1.165, 1.54) is 0 Å². The van der Waals surface area contributed by atoms with Gasteiger partial charge in [-0.2, -0.15) is 0 Å². The molecule has 0 saturated heterocycles. The second kappa shape index (κ2) is 8.71. The first kappa shape index (κ1) is 20.3. The third-order valence-electron chi connectivity index (χ3n) is 4.79. The van der Waals surface area contributed by atoms with Gasteiger partial charge in [0.05, 0.1) is 5.69 Å². The number of amides is 1. The summed E-state index contributed by atoms with van der Waals surface area (Å²) in [5.74, 6) is 0.134. The van der Waals surface area contributed by atoms with Crippen LogP contribution < -0.4 is 10.6 Å². The molecule has 3 N–H and O–H groups in total. The standard InChI is InChI=1S/C22H21BrN2O2S/c1-3-13(2)14-10-11-20(26)19(12-14)24-22(28)25-21(27)17-8-4-7-16-15(17)6-5-9-18(16)23/h4-13,26H,3H2,1-2H3,(H2,24,25,27,28)/t13-/m0/s1. The van der Waals surface area contributed by atoms with Crippen molar-refractivity contribution < 1.29 is 9.90 Å². The maximum Gasteiger partial charge on any atom is 0.258 e. The summed E-state index contributed by atoms with van der Waals surface area (Å²) >= 11 is 8.80. The second-order valence-electron chi connectivity index (χ2n) is 6.63. The van der Waals surface area contributed by atoms with E-state index in [-0.39, 0.29) is 16.8 Å². The van der Waals surface area contributed by atoms with Gasteiger partial charge in [0.15, 0.2) is 5.11 Å². The van der Waals surface area contributed by atoms with Gasteiger partial charge < -0.3 is 10.4 Å². The molecular formula is C22H21BrN2O2S. The Hall–Kier alpha value is -2.44. The Labute approximate surface area is 178 Å². The summed E-state index contributed by atoms with van der Waals surface area (Å²) in [7, 11) is 0. The number of aromatic hydroxyl groups is 1. The molecule has 0 bridgehead atoms. The van der Waals surface area contributed by atoms with E-state index in [2.05, 4.69) is 40.4 Å². The molecule has 0 heterocycles. The average Bonchev–Trinajstić information content (AvgIpc) is 2.69. The Morgan fingerprint density at radius 3 is 2.61 bits per heavy atom. The highest BCUT2D eigenvalue weighted by atomic mass is 79.9.